The topological polar surface area (TPSA) is 0 Å². The van der Waals surface area contributed by atoms with Gasteiger partial charge in [-0.25, -0.2) is 0 Å². The second kappa shape index (κ2) is 7.75. The minimum Gasteiger partial charge on any atom is -0.0622 e. The van der Waals surface area contributed by atoms with Gasteiger partial charge in [0.05, 0.1) is 0 Å². The van der Waals surface area contributed by atoms with Crippen LogP contribution in [-0.2, 0) is 0 Å². The molecule has 0 nitrogen and oxygen atoms in total. The zero-order valence-corrected chi connectivity index (χ0v) is 23.5. The van der Waals surface area contributed by atoms with Crippen LogP contribution in [0.4, 0.5) is 0 Å². The minimum absolute atomic E-state index is 1.26. The summed E-state index contributed by atoms with van der Waals surface area (Å²) >= 11 is 0. The second-order valence-electron chi connectivity index (χ2n) is 12.3. The molecule has 42 heavy (non-hydrogen) atoms. The Morgan fingerprint density at radius 3 is 1.74 bits per heavy atom. The first kappa shape index (κ1) is 22.5. The van der Waals surface area contributed by atoms with Crippen LogP contribution < -0.4 is 0 Å². The summed E-state index contributed by atoms with van der Waals surface area (Å²) in [7, 11) is 0. The molecule has 0 N–H and O–H groups in total. The van der Waals surface area contributed by atoms with E-state index in [4.69, 9.17) is 0 Å². The highest BCUT2D eigenvalue weighted by atomic mass is 14.3. The standard InChI is InChI=1S/C42H26/c1-23-15-30-16-24(2)18-37-35-22-32-29(21-34(35)36(17-23)40(30)37)20-33(25-7-4-3-5-8-25)42-31-14-13-27-10-6-9-26-11-12-28(19-38(32)42)41(31)39(26)27/h3-22H,1-2H3. The molecule has 1 aliphatic carbocycles. The van der Waals surface area contributed by atoms with Crippen LogP contribution in [0.15, 0.2) is 121 Å². The fourth-order valence-corrected chi connectivity index (χ4v) is 8.04. The molecule has 0 spiro atoms. The predicted molar refractivity (Wildman–Crippen MR) is 182 cm³/mol. The fraction of sp³-hybridized carbons (Fsp3) is 0.0476. The molecule has 0 heterocycles. The Morgan fingerprint density at radius 1 is 0.310 bits per heavy atom. The van der Waals surface area contributed by atoms with Crippen molar-refractivity contribution in [3.8, 4) is 33.4 Å². The average molecular weight is 531 g/mol. The first-order chi connectivity index (χ1) is 20.6. The Kier molecular flexibility index (Phi) is 4.15. The van der Waals surface area contributed by atoms with Crippen LogP contribution in [-0.4, -0.2) is 0 Å². The fourth-order valence-electron chi connectivity index (χ4n) is 8.04. The summed E-state index contributed by atoms with van der Waals surface area (Å²) in [6, 6.07) is 46.2. The molecule has 1 aliphatic rings. The molecule has 10 rings (SSSR count). The van der Waals surface area contributed by atoms with Crippen molar-refractivity contribution in [2.75, 3.05) is 0 Å². The summed E-state index contributed by atoms with van der Waals surface area (Å²) in [6.07, 6.45) is 0. The highest BCUT2D eigenvalue weighted by Crippen LogP contribution is 2.52. The Labute approximate surface area is 243 Å². The highest BCUT2D eigenvalue weighted by molar-refractivity contribution is 6.34. The van der Waals surface area contributed by atoms with Crippen LogP contribution in [0.1, 0.15) is 11.1 Å². The van der Waals surface area contributed by atoms with E-state index in [1.54, 1.807) is 0 Å². The zero-order chi connectivity index (χ0) is 27.7. The van der Waals surface area contributed by atoms with E-state index in [0.717, 1.165) is 0 Å². The lowest BCUT2D eigenvalue weighted by atomic mass is 9.85. The Balaban J connectivity index is 1.43. The summed E-state index contributed by atoms with van der Waals surface area (Å²) in [5, 5.41) is 16.1. The third-order valence-corrected chi connectivity index (χ3v) is 9.70. The van der Waals surface area contributed by atoms with Gasteiger partial charge in [0, 0.05) is 0 Å². The van der Waals surface area contributed by atoms with E-state index in [0.29, 0.717) is 0 Å². The molecule has 0 bridgehead atoms. The van der Waals surface area contributed by atoms with Gasteiger partial charge in [-0.2, -0.15) is 0 Å². The molecular weight excluding hydrogens is 504 g/mol. The molecule has 9 aromatic carbocycles. The lowest BCUT2D eigenvalue weighted by Crippen LogP contribution is -1.91. The predicted octanol–water partition coefficient (Wildman–Crippen LogP) is 12.0. The van der Waals surface area contributed by atoms with Gasteiger partial charge in [-0.1, -0.05) is 97.1 Å². The monoisotopic (exact) mass is 530 g/mol. The van der Waals surface area contributed by atoms with Crippen molar-refractivity contribution in [3.05, 3.63) is 132 Å². The summed E-state index contributed by atoms with van der Waals surface area (Å²) in [6.45, 7) is 4.44. The molecule has 0 radical (unpaired) electrons. The van der Waals surface area contributed by atoms with Gasteiger partial charge in [0.25, 0.3) is 0 Å². The summed E-state index contributed by atoms with van der Waals surface area (Å²) in [5.41, 5.74) is 10.6. The van der Waals surface area contributed by atoms with Gasteiger partial charge in [0.2, 0.25) is 0 Å². The number of benzene rings is 9. The maximum absolute atomic E-state index is 2.49. The molecule has 0 saturated heterocycles. The van der Waals surface area contributed by atoms with Gasteiger partial charge in [0.15, 0.2) is 0 Å². The van der Waals surface area contributed by atoms with E-state index >= 15 is 0 Å². The van der Waals surface area contributed by atoms with Gasteiger partial charge >= 0.3 is 0 Å². The third kappa shape index (κ3) is 2.82. The van der Waals surface area contributed by atoms with Crippen LogP contribution in [0.5, 0.6) is 0 Å². The van der Waals surface area contributed by atoms with Gasteiger partial charge in [0.1, 0.15) is 0 Å². The van der Waals surface area contributed by atoms with Crippen molar-refractivity contribution in [2.45, 2.75) is 13.8 Å². The lowest BCUT2D eigenvalue weighted by molar-refractivity contribution is 1.48. The largest absolute Gasteiger partial charge is 0.0622 e. The summed E-state index contributed by atoms with van der Waals surface area (Å²) < 4.78 is 0. The number of hydrogen-bond donors (Lipinski definition) is 0. The maximum Gasteiger partial charge on any atom is -0.00197 e. The number of aryl methyl sites for hydroxylation is 2. The third-order valence-electron chi connectivity index (χ3n) is 9.70. The number of fused-ring (bicyclic) bond motifs is 7. The molecule has 0 aromatic heterocycles. The van der Waals surface area contributed by atoms with Crippen molar-refractivity contribution in [2.24, 2.45) is 0 Å². The highest BCUT2D eigenvalue weighted by Gasteiger charge is 2.24. The molecular formula is C42H26. The maximum atomic E-state index is 2.49. The number of hydrogen-bond acceptors (Lipinski definition) is 0. The van der Waals surface area contributed by atoms with Crippen LogP contribution in [0.3, 0.4) is 0 Å². The van der Waals surface area contributed by atoms with E-state index in [2.05, 4.69) is 135 Å². The average Bonchev–Trinajstić information content (AvgIpc) is 3.31. The molecule has 9 aromatic rings. The quantitative estimate of drug-likeness (QED) is 0.146. The van der Waals surface area contributed by atoms with Crippen LogP contribution >= 0.6 is 0 Å². The van der Waals surface area contributed by atoms with Crippen molar-refractivity contribution in [3.63, 3.8) is 0 Å². The molecule has 194 valence electrons. The minimum atomic E-state index is 1.26. The first-order valence-electron chi connectivity index (χ1n) is 14.8. The van der Waals surface area contributed by atoms with E-state index in [9.17, 15) is 0 Å². The van der Waals surface area contributed by atoms with Crippen molar-refractivity contribution >= 4 is 64.6 Å². The summed E-state index contributed by atoms with van der Waals surface area (Å²) in [5.74, 6) is 0. The van der Waals surface area contributed by atoms with Gasteiger partial charge in [-0.15, -0.1) is 0 Å². The SMILES string of the molecule is Cc1cc2c3c(cc(C)cc3c1)-c1cc3c(cc1-2)cc(-c1ccccc1)c1c3cc2ccc3cccc4ccc1c2c34. The molecule has 0 saturated carbocycles. The lowest BCUT2D eigenvalue weighted by Gasteiger charge is -2.18. The molecule has 0 fully saturated rings. The molecule has 0 aliphatic heterocycles. The van der Waals surface area contributed by atoms with E-state index in [1.807, 2.05) is 0 Å². The van der Waals surface area contributed by atoms with Crippen molar-refractivity contribution in [1.82, 2.24) is 0 Å². The van der Waals surface area contributed by atoms with Crippen LogP contribution in [0.2, 0.25) is 0 Å². The Bertz CT molecular complexity index is 2600. The van der Waals surface area contributed by atoms with Crippen LogP contribution in [0, 0.1) is 13.8 Å². The van der Waals surface area contributed by atoms with Gasteiger partial charge < -0.3 is 0 Å². The van der Waals surface area contributed by atoms with Crippen molar-refractivity contribution < 1.29 is 0 Å². The molecule has 0 atom stereocenters. The van der Waals surface area contributed by atoms with Gasteiger partial charge in [-0.3, -0.25) is 0 Å². The zero-order valence-electron chi connectivity index (χ0n) is 23.5. The Morgan fingerprint density at radius 2 is 0.976 bits per heavy atom. The Hall–Kier alpha value is -5.20. The van der Waals surface area contributed by atoms with E-state index in [1.165, 1.54) is 109 Å². The molecule has 0 amide bonds. The van der Waals surface area contributed by atoms with Gasteiger partial charge in [-0.05, 0) is 147 Å². The normalized spacial score (nSPS) is 12.5. The second-order valence-corrected chi connectivity index (χ2v) is 12.3. The van der Waals surface area contributed by atoms with E-state index < -0.39 is 0 Å². The summed E-state index contributed by atoms with van der Waals surface area (Å²) in [4.78, 5) is 0. The number of rotatable bonds is 1. The van der Waals surface area contributed by atoms with E-state index in [-0.39, 0.29) is 0 Å². The van der Waals surface area contributed by atoms with Crippen molar-refractivity contribution in [1.29, 1.82) is 0 Å². The van der Waals surface area contributed by atoms with Crippen LogP contribution in [0.25, 0.3) is 98.0 Å². The first-order valence-corrected chi connectivity index (χ1v) is 14.8. The smallest absolute Gasteiger partial charge is 0.00197 e. The molecule has 0 unspecified atom stereocenters. The molecule has 0 heteroatoms.